The topological polar surface area (TPSA) is 85.5 Å². The quantitative estimate of drug-likeness (QED) is 0.690. The van der Waals surface area contributed by atoms with Crippen LogP contribution in [-0.2, 0) is 6.42 Å². The molecule has 0 aliphatic rings. The lowest BCUT2D eigenvalue weighted by molar-refractivity contribution is 0.0953. The van der Waals surface area contributed by atoms with E-state index in [0.29, 0.717) is 55.6 Å². The molecule has 0 atom stereocenters. The first kappa shape index (κ1) is 18.6. The largest absolute Gasteiger partial charge is 0.490 e. The van der Waals surface area contributed by atoms with Crippen molar-refractivity contribution in [2.45, 2.75) is 27.2 Å². The van der Waals surface area contributed by atoms with E-state index < -0.39 is 0 Å². The Morgan fingerprint density at radius 3 is 2.24 bits per heavy atom. The maximum Gasteiger partial charge on any atom is 0.251 e. The molecule has 7 nitrogen and oxygen atoms in total. The van der Waals surface area contributed by atoms with Gasteiger partial charge in [0.05, 0.1) is 26.1 Å². The van der Waals surface area contributed by atoms with Crippen LogP contribution in [0.4, 0.5) is 0 Å². The van der Waals surface area contributed by atoms with Gasteiger partial charge in [0.15, 0.2) is 11.5 Å². The minimum Gasteiger partial charge on any atom is -0.490 e. The van der Waals surface area contributed by atoms with Crippen LogP contribution in [0, 0.1) is 0 Å². The summed E-state index contributed by atoms with van der Waals surface area (Å²) in [6.07, 6.45) is 4.04. The maximum absolute atomic E-state index is 12.5. The average molecular weight is 347 g/mol. The Hall–Kier alpha value is -2.70. The van der Waals surface area contributed by atoms with Crippen molar-refractivity contribution in [1.82, 2.24) is 15.3 Å². The molecule has 1 heterocycles. The van der Waals surface area contributed by atoms with E-state index >= 15 is 0 Å². The second-order valence-corrected chi connectivity index (χ2v) is 5.18. The predicted octanol–water partition coefficient (Wildman–Crippen LogP) is 2.58. The van der Waals surface area contributed by atoms with E-state index in [1.807, 2.05) is 20.8 Å². The van der Waals surface area contributed by atoms with Gasteiger partial charge in [-0.3, -0.25) is 4.79 Å². The van der Waals surface area contributed by atoms with Gasteiger partial charge < -0.3 is 24.5 Å². The molecule has 2 aromatic rings. The van der Waals surface area contributed by atoms with Gasteiger partial charge in [0, 0.05) is 30.4 Å². The van der Waals surface area contributed by atoms with E-state index in [4.69, 9.17) is 14.2 Å². The van der Waals surface area contributed by atoms with Crippen LogP contribution in [0.1, 0.15) is 36.8 Å². The van der Waals surface area contributed by atoms with Crippen molar-refractivity contribution in [3.8, 4) is 17.2 Å². The number of ether oxygens (including phenoxy) is 3. The fourth-order valence-corrected chi connectivity index (χ4v) is 2.35. The highest BCUT2D eigenvalue weighted by Gasteiger charge is 2.18. The highest BCUT2D eigenvalue weighted by molar-refractivity contribution is 5.95. The highest BCUT2D eigenvalue weighted by atomic mass is 16.5. The lowest BCUT2D eigenvalue weighted by atomic mass is 10.1. The van der Waals surface area contributed by atoms with Gasteiger partial charge >= 0.3 is 0 Å². The third kappa shape index (κ3) is 5.14. The van der Waals surface area contributed by atoms with E-state index in [0.717, 1.165) is 5.69 Å². The zero-order valence-corrected chi connectivity index (χ0v) is 14.9. The Morgan fingerprint density at radius 1 is 1.08 bits per heavy atom. The summed E-state index contributed by atoms with van der Waals surface area (Å²) in [4.78, 5) is 19.4. The third-order valence-electron chi connectivity index (χ3n) is 3.41. The van der Waals surface area contributed by atoms with E-state index in [-0.39, 0.29) is 5.91 Å². The van der Waals surface area contributed by atoms with Crippen LogP contribution in [0.5, 0.6) is 17.2 Å². The molecule has 7 heteroatoms. The van der Waals surface area contributed by atoms with Gasteiger partial charge in [0.2, 0.25) is 5.75 Å². The number of rotatable bonds is 10. The number of nitrogens with zero attached hydrogens (tertiary/aromatic N) is 1. The first-order valence-corrected chi connectivity index (χ1v) is 8.51. The van der Waals surface area contributed by atoms with Crippen molar-refractivity contribution in [2.75, 3.05) is 26.4 Å². The third-order valence-corrected chi connectivity index (χ3v) is 3.41. The molecular weight excluding hydrogens is 322 g/mol. The van der Waals surface area contributed by atoms with Gasteiger partial charge in [0.1, 0.15) is 0 Å². The Kier molecular flexibility index (Phi) is 7.13. The molecule has 0 aliphatic heterocycles. The summed E-state index contributed by atoms with van der Waals surface area (Å²) in [6.45, 7) is 7.58. The molecule has 0 unspecified atom stereocenters. The van der Waals surface area contributed by atoms with Gasteiger partial charge in [-0.15, -0.1) is 0 Å². The van der Waals surface area contributed by atoms with Crippen molar-refractivity contribution < 1.29 is 19.0 Å². The summed E-state index contributed by atoms with van der Waals surface area (Å²) in [7, 11) is 0. The van der Waals surface area contributed by atoms with Crippen molar-refractivity contribution in [2.24, 2.45) is 0 Å². The summed E-state index contributed by atoms with van der Waals surface area (Å²) in [6, 6.07) is 3.37. The number of aromatic amines is 1. The number of hydrogen-bond acceptors (Lipinski definition) is 5. The molecule has 1 aromatic heterocycles. The van der Waals surface area contributed by atoms with Crippen LogP contribution in [0.15, 0.2) is 24.7 Å². The van der Waals surface area contributed by atoms with Gasteiger partial charge in [-0.2, -0.15) is 0 Å². The Morgan fingerprint density at radius 2 is 1.72 bits per heavy atom. The Bertz CT molecular complexity index is 644. The van der Waals surface area contributed by atoms with Crippen molar-refractivity contribution >= 4 is 5.91 Å². The summed E-state index contributed by atoms with van der Waals surface area (Å²) < 4.78 is 16.9. The smallest absolute Gasteiger partial charge is 0.251 e. The normalized spacial score (nSPS) is 10.4. The molecule has 0 saturated carbocycles. The van der Waals surface area contributed by atoms with Crippen LogP contribution < -0.4 is 19.5 Å². The first-order valence-electron chi connectivity index (χ1n) is 8.51. The zero-order chi connectivity index (χ0) is 18.1. The van der Waals surface area contributed by atoms with Crippen molar-refractivity contribution in [3.63, 3.8) is 0 Å². The number of H-pyrrole nitrogens is 1. The molecule has 1 amide bonds. The van der Waals surface area contributed by atoms with Crippen LogP contribution in [0.3, 0.4) is 0 Å². The minimum absolute atomic E-state index is 0.190. The van der Waals surface area contributed by atoms with Gasteiger partial charge in [-0.1, -0.05) is 0 Å². The fourth-order valence-electron chi connectivity index (χ4n) is 2.35. The van der Waals surface area contributed by atoms with Crippen LogP contribution >= 0.6 is 0 Å². The molecule has 25 heavy (non-hydrogen) atoms. The fraction of sp³-hybridized carbons (Fsp3) is 0.444. The number of hydrogen-bond donors (Lipinski definition) is 2. The summed E-state index contributed by atoms with van der Waals surface area (Å²) in [5.74, 6) is 1.35. The number of carbonyl (C=O) groups excluding carboxylic acids is 1. The summed E-state index contributed by atoms with van der Waals surface area (Å²) >= 11 is 0. The van der Waals surface area contributed by atoms with Gasteiger partial charge in [0.25, 0.3) is 5.91 Å². The van der Waals surface area contributed by atoms with Gasteiger partial charge in [-0.05, 0) is 32.9 Å². The molecular formula is C18H25N3O4. The van der Waals surface area contributed by atoms with Crippen molar-refractivity contribution in [1.29, 1.82) is 0 Å². The standard InChI is InChI=1S/C18H25N3O4/c1-4-23-15-9-13(10-16(24-5-2)17(15)25-6-3)18(22)20-8-7-14-11-19-12-21-14/h9-12H,4-8H2,1-3H3,(H,19,21)(H,20,22). The van der Waals surface area contributed by atoms with Crippen LogP contribution in [-0.4, -0.2) is 42.2 Å². The van der Waals surface area contributed by atoms with Crippen LogP contribution in [0.25, 0.3) is 0 Å². The van der Waals surface area contributed by atoms with Crippen molar-refractivity contribution in [3.05, 3.63) is 35.9 Å². The molecule has 0 radical (unpaired) electrons. The van der Waals surface area contributed by atoms with Gasteiger partial charge in [-0.25, -0.2) is 4.98 Å². The SMILES string of the molecule is CCOc1cc(C(=O)NCCc2cnc[nH]2)cc(OCC)c1OCC. The van der Waals surface area contributed by atoms with Crippen LogP contribution in [0.2, 0.25) is 0 Å². The number of benzene rings is 1. The second kappa shape index (κ2) is 9.56. The number of nitrogens with one attached hydrogen (secondary N) is 2. The molecule has 0 fully saturated rings. The molecule has 1 aromatic carbocycles. The number of amides is 1. The van der Waals surface area contributed by atoms with E-state index in [1.54, 1.807) is 24.7 Å². The summed E-state index contributed by atoms with van der Waals surface area (Å²) in [5, 5.41) is 2.89. The minimum atomic E-state index is -0.190. The average Bonchev–Trinajstić information content (AvgIpc) is 3.11. The molecule has 0 saturated heterocycles. The molecule has 0 aliphatic carbocycles. The van der Waals surface area contributed by atoms with E-state index in [9.17, 15) is 4.79 Å². The molecule has 2 N–H and O–H groups in total. The predicted molar refractivity (Wildman–Crippen MR) is 94.6 cm³/mol. The maximum atomic E-state index is 12.5. The highest BCUT2D eigenvalue weighted by Crippen LogP contribution is 2.39. The zero-order valence-electron chi connectivity index (χ0n) is 14.9. The van der Waals surface area contributed by atoms with E-state index in [2.05, 4.69) is 15.3 Å². The lowest BCUT2D eigenvalue weighted by Gasteiger charge is -2.17. The second-order valence-electron chi connectivity index (χ2n) is 5.18. The molecule has 136 valence electrons. The lowest BCUT2D eigenvalue weighted by Crippen LogP contribution is -2.26. The Balaban J connectivity index is 2.15. The molecule has 2 rings (SSSR count). The summed E-state index contributed by atoms with van der Waals surface area (Å²) in [5.41, 5.74) is 1.44. The molecule has 0 spiro atoms. The Labute approximate surface area is 147 Å². The van der Waals surface area contributed by atoms with E-state index in [1.165, 1.54) is 0 Å². The molecule has 0 bridgehead atoms. The first-order chi connectivity index (χ1) is 12.2. The number of carbonyl (C=O) groups is 1. The number of aromatic nitrogens is 2. The number of imidazole rings is 1. The monoisotopic (exact) mass is 347 g/mol.